The lowest BCUT2D eigenvalue weighted by Crippen LogP contribution is -1.99. The molecule has 2 aromatic carbocycles. The van der Waals surface area contributed by atoms with Crippen LogP contribution in [0.1, 0.15) is 0 Å². The summed E-state index contributed by atoms with van der Waals surface area (Å²) in [4.78, 5) is 4.39. The molecule has 0 aliphatic heterocycles. The van der Waals surface area contributed by atoms with Crippen molar-refractivity contribution >= 4 is 22.7 Å². The minimum atomic E-state index is 0.509. The maximum Gasteiger partial charge on any atom is 0.247 e. The van der Waals surface area contributed by atoms with E-state index >= 15 is 0 Å². The van der Waals surface area contributed by atoms with Crippen LogP contribution >= 0.6 is 0 Å². The zero-order valence-electron chi connectivity index (χ0n) is 9.04. The Balaban J connectivity index is 1.96. The van der Waals surface area contributed by atoms with Crippen molar-refractivity contribution in [2.45, 2.75) is 0 Å². The molecule has 0 saturated heterocycles. The molecule has 0 atom stereocenters. The molecule has 0 fully saturated rings. The molecule has 3 rings (SSSR count). The number of hydrogen-bond acceptors (Lipinski definition) is 4. The molecule has 3 aromatic rings. The lowest BCUT2D eigenvalue weighted by Gasteiger charge is -2.03. The number of benzene rings is 2. The van der Waals surface area contributed by atoms with Gasteiger partial charge in [-0.15, -0.1) is 10.2 Å². The molecule has 0 spiro atoms. The highest BCUT2D eigenvalue weighted by Gasteiger charge is 2.00. The number of hydrogen-bond donors (Lipinski definition) is 1. The van der Waals surface area contributed by atoms with E-state index in [0.29, 0.717) is 5.95 Å². The van der Waals surface area contributed by atoms with Crippen LogP contribution in [0.5, 0.6) is 0 Å². The summed E-state index contributed by atoms with van der Waals surface area (Å²) >= 11 is 0. The van der Waals surface area contributed by atoms with E-state index in [1.165, 1.54) is 0 Å². The van der Waals surface area contributed by atoms with Crippen LogP contribution in [0.4, 0.5) is 11.6 Å². The first-order chi connectivity index (χ1) is 8.42. The van der Waals surface area contributed by atoms with Crippen molar-refractivity contribution in [1.29, 1.82) is 0 Å². The Hall–Kier alpha value is -2.49. The molecule has 0 amide bonds. The number of nitrogens with one attached hydrogen (secondary N) is 1. The minimum Gasteiger partial charge on any atom is -0.323 e. The zero-order chi connectivity index (χ0) is 11.5. The zero-order valence-corrected chi connectivity index (χ0v) is 9.04. The smallest absolute Gasteiger partial charge is 0.247 e. The van der Waals surface area contributed by atoms with Crippen molar-refractivity contribution in [1.82, 2.24) is 15.2 Å². The number of anilines is 2. The van der Waals surface area contributed by atoms with Gasteiger partial charge >= 0.3 is 0 Å². The van der Waals surface area contributed by atoms with Gasteiger partial charge in [-0.05, 0) is 24.3 Å². The minimum absolute atomic E-state index is 0.509. The molecule has 0 radical (unpaired) electrons. The number of aromatic nitrogens is 3. The van der Waals surface area contributed by atoms with Gasteiger partial charge in [0.15, 0.2) is 0 Å². The van der Waals surface area contributed by atoms with Crippen molar-refractivity contribution < 1.29 is 0 Å². The summed E-state index contributed by atoms with van der Waals surface area (Å²) in [6, 6.07) is 17.4. The van der Waals surface area contributed by atoms with Crippen LogP contribution in [0, 0.1) is 0 Å². The summed E-state index contributed by atoms with van der Waals surface area (Å²) in [7, 11) is 0. The van der Waals surface area contributed by atoms with Gasteiger partial charge in [0.2, 0.25) is 5.95 Å². The van der Waals surface area contributed by atoms with Gasteiger partial charge in [0.25, 0.3) is 0 Å². The van der Waals surface area contributed by atoms with Gasteiger partial charge in [-0.3, -0.25) is 0 Å². The highest BCUT2D eigenvalue weighted by atomic mass is 15.2. The normalized spacial score (nSPS) is 10.4. The molecule has 0 bridgehead atoms. The predicted molar refractivity (Wildman–Crippen MR) is 67.1 cm³/mol. The van der Waals surface area contributed by atoms with Crippen LogP contribution in [0.25, 0.3) is 11.0 Å². The molecule has 4 nitrogen and oxygen atoms in total. The lowest BCUT2D eigenvalue weighted by molar-refractivity contribution is 1.03. The fourth-order valence-corrected chi connectivity index (χ4v) is 1.58. The Kier molecular flexibility index (Phi) is 2.38. The molecule has 4 heteroatoms. The van der Waals surface area contributed by atoms with Gasteiger partial charge in [-0.1, -0.05) is 30.3 Å². The third-order valence-electron chi connectivity index (χ3n) is 2.39. The second-order valence-electron chi connectivity index (χ2n) is 3.62. The highest BCUT2D eigenvalue weighted by molar-refractivity contribution is 5.74. The number of rotatable bonds is 2. The summed E-state index contributed by atoms with van der Waals surface area (Å²) in [6.07, 6.45) is 0. The Labute approximate surface area is 98.3 Å². The summed E-state index contributed by atoms with van der Waals surface area (Å²) in [5, 5.41) is 11.2. The van der Waals surface area contributed by atoms with Gasteiger partial charge in [0.05, 0.1) is 5.52 Å². The third-order valence-corrected chi connectivity index (χ3v) is 2.39. The summed E-state index contributed by atoms with van der Waals surface area (Å²) in [6.45, 7) is 0. The molecule has 0 saturated carbocycles. The van der Waals surface area contributed by atoms with Crippen molar-refractivity contribution in [2.24, 2.45) is 0 Å². The fourth-order valence-electron chi connectivity index (χ4n) is 1.58. The monoisotopic (exact) mass is 222 g/mol. The SMILES string of the molecule is c1ccc(Nc2nnc3ccccc3n2)cc1. The largest absolute Gasteiger partial charge is 0.323 e. The summed E-state index contributed by atoms with van der Waals surface area (Å²) in [5.74, 6) is 0.509. The maximum atomic E-state index is 4.39. The van der Waals surface area contributed by atoms with E-state index < -0.39 is 0 Å². The molecule has 1 N–H and O–H groups in total. The van der Waals surface area contributed by atoms with E-state index in [0.717, 1.165) is 16.7 Å². The van der Waals surface area contributed by atoms with Crippen molar-refractivity contribution in [3.63, 3.8) is 0 Å². The molecule has 0 aliphatic carbocycles. The fraction of sp³-hybridized carbons (Fsp3) is 0. The Morgan fingerprint density at radius 3 is 2.24 bits per heavy atom. The molecular formula is C13H10N4. The Morgan fingerprint density at radius 1 is 0.706 bits per heavy atom. The van der Waals surface area contributed by atoms with E-state index in [-0.39, 0.29) is 0 Å². The van der Waals surface area contributed by atoms with Gasteiger partial charge in [0, 0.05) is 5.69 Å². The molecular weight excluding hydrogens is 212 g/mol. The van der Waals surface area contributed by atoms with E-state index in [1.54, 1.807) is 0 Å². The van der Waals surface area contributed by atoms with Crippen molar-refractivity contribution in [3.05, 3.63) is 54.6 Å². The average molecular weight is 222 g/mol. The number of para-hydroxylation sites is 2. The first-order valence-electron chi connectivity index (χ1n) is 5.33. The van der Waals surface area contributed by atoms with Gasteiger partial charge in [0.1, 0.15) is 5.52 Å². The molecule has 1 heterocycles. The summed E-state index contributed by atoms with van der Waals surface area (Å²) in [5.41, 5.74) is 2.58. The van der Waals surface area contributed by atoms with Gasteiger partial charge < -0.3 is 5.32 Å². The Bertz CT molecular complexity index is 637. The quantitative estimate of drug-likeness (QED) is 0.724. The predicted octanol–water partition coefficient (Wildman–Crippen LogP) is 2.77. The Morgan fingerprint density at radius 2 is 1.41 bits per heavy atom. The molecule has 17 heavy (non-hydrogen) atoms. The number of fused-ring (bicyclic) bond motifs is 1. The lowest BCUT2D eigenvalue weighted by atomic mass is 10.3. The number of nitrogens with zero attached hydrogens (tertiary/aromatic N) is 3. The molecule has 0 aliphatic rings. The van der Waals surface area contributed by atoms with Crippen LogP contribution in [-0.2, 0) is 0 Å². The van der Waals surface area contributed by atoms with Crippen molar-refractivity contribution in [2.75, 3.05) is 5.32 Å². The van der Waals surface area contributed by atoms with E-state index in [9.17, 15) is 0 Å². The first kappa shape index (κ1) is 9.72. The molecule has 82 valence electrons. The van der Waals surface area contributed by atoms with Crippen molar-refractivity contribution in [3.8, 4) is 0 Å². The third kappa shape index (κ3) is 2.06. The maximum absolute atomic E-state index is 4.39. The van der Waals surface area contributed by atoms with Gasteiger partial charge in [-0.25, -0.2) is 4.98 Å². The standard InChI is InChI=1S/C13H10N4/c1-2-6-10(7-3-1)14-13-15-11-8-4-5-9-12(11)16-17-13/h1-9H,(H,14,15,17). The van der Waals surface area contributed by atoms with E-state index in [2.05, 4.69) is 20.5 Å². The second kappa shape index (κ2) is 4.17. The first-order valence-corrected chi connectivity index (χ1v) is 5.33. The molecule has 1 aromatic heterocycles. The van der Waals surface area contributed by atoms with Crippen LogP contribution in [-0.4, -0.2) is 15.2 Å². The van der Waals surface area contributed by atoms with Crippen LogP contribution in [0.2, 0.25) is 0 Å². The topological polar surface area (TPSA) is 50.7 Å². The average Bonchev–Trinajstić information content (AvgIpc) is 2.40. The summed E-state index contributed by atoms with van der Waals surface area (Å²) < 4.78 is 0. The van der Waals surface area contributed by atoms with Crippen LogP contribution in [0.15, 0.2) is 54.6 Å². The molecule has 0 unspecified atom stereocenters. The van der Waals surface area contributed by atoms with Crippen LogP contribution < -0.4 is 5.32 Å². The van der Waals surface area contributed by atoms with E-state index in [4.69, 9.17) is 0 Å². The second-order valence-corrected chi connectivity index (χ2v) is 3.62. The van der Waals surface area contributed by atoms with Gasteiger partial charge in [-0.2, -0.15) is 0 Å². The van der Waals surface area contributed by atoms with E-state index in [1.807, 2.05) is 54.6 Å². The highest BCUT2D eigenvalue weighted by Crippen LogP contribution is 2.13. The van der Waals surface area contributed by atoms with Crippen LogP contribution in [0.3, 0.4) is 0 Å².